The van der Waals surface area contributed by atoms with E-state index >= 15 is 0 Å². The highest BCUT2D eigenvalue weighted by Crippen LogP contribution is 2.27. The summed E-state index contributed by atoms with van der Waals surface area (Å²) in [5, 5.41) is 4.42. The molecule has 1 N–H and O–H groups in total. The number of nitrogens with one attached hydrogen (secondary N) is 1. The molecule has 0 saturated heterocycles. The van der Waals surface area contributed by atoms with E-state index in [2.05, 4.69) is 24.1 Å². The van der Waals surface area contributed by atoms with Crippen LogP contribution in [-0.4, -0.2) is 18.1 Å². The predicted octanol–water partition coefficient (Wildman–Crippen LogP) is 3.41. The van der Waals surface area contributed by atoms with E-state index in [0.29, 0.717) is 0 Å². The van der Waals surface area contributed by atoms with E-state index in [1.165, 1.54) is 17.0 Å². The van der Waals surface area contributed by atoms with Gasteiger partial charge in [-0.2, -0.15) is 0 Å². The molecular formula is C14H17FN2S. The Kier molecular flexibility index (Phi) is 4.44. The Labute approximate surface area is 111 Å². The van der Waals surface area contributed by atoms with Crippen LogP contribution in [-0.2, 0) is 6.42 Å². The number of likely N-dealkylation sites (N-methyl/N-ethyl adjacent to an activating group) is 1. The van der Waals surface area contributed by atoms with E-state index in [1.54, 1.807) is 23.5 Å². The Morgan fingerprint density at radius 3 is 2.67 bits per heavy atom. The molecule has 0 radical (unpaired) electrons. The number of hydrogen-bond donors (Lipinski definition) is 1. The number of hydrogen-bond acceptors (Lipinski definition) is 3. The van der Waals surface area contributed by atoms with E-state index in [4.69, 9.17) is 0 Å². The van der Waals surface area contributed by atoms with Crippen LogP contribution in [0.4, 0.5) is 4.39 Å². The molecule has 1 aromatic heterocycles. The van der Waals surface area contributed by atoms with Gasteiger partial charge >= 0.3 is 0 Å². The summed E-state index contributed by atoms with van der Waals surface area (Å²) in [4.78, 5) is 5.83. The summed E-state index contributed by atoms with van der Waals surface area (Å²) in [6, 6.07) is 6.52. The summed E-state index contributed by atoms with van der Waals surface area (Å²) in [6.45, 7) is 6.09. The van der Waals surface area contributed by atoms with Crippen LogP contribution >= 0.6 is 11.3 Å². The number of halogens is 1. The van der Waals surface area contributed by atoms with Crippen molar-refractivity contribution in [3.8, 4) is 11.3 Å². The van der Waals surface area contributed by atoms with Crippen LogP contribution in [0.3, 0.4) is 0 Å². The SMILES string of the molecule is CCNCCc1nc(-c2ccc(F)cc2)c(C)s1. The van der Waals surface area contributed by atoms with Gasteiger partial charge in [0.15, 0.2) is 0 Å². The third-order valence-electron chi connectivity index (χ3n) is 2.72. The summed E-state index contributed by atoms with van der Waals surface area (Å²) < 4.78 is 12.9. The molecule has 0 unspecified atom stereocenters. The number of aryl methyl sites for hydroxylation is 1. The maximum absolute atomic E-state index is 12.9. The van der Waals surface area contributed by atoms with Crippen molar-refractivity contribution in [1.82, 2.24) is 10.3 Å². The maximum Gasteiger partial charge on any atom is 0.123 e. The molecule has 2 aromatic rings. The van der Waals surface area contributed by atoms with Crippen molar-refractivity contribution in [3.63, 3.8) is 0 Å². The normalized spacial score (nSPS) is 10.8. The lowest BCUT2D eigenvalue weighted by molar-refractivity contribution is 0.628. The van der Waals surface area contributed by atoms with Gasteiger partial charge in [0.2, 0.25) is 0 Å². The van der Waals surface area contributed by atoms with Crippen LogP contribution in [0.1, 0.15) is 16.8 Å². The molecule has 1 aromatic carbocycles. The van der Waals surface area contributed by atoms with Crippen LogP contribution in [0.15, 0.2) is 24.3 Å². The van der Waals surface area contributed by atoms with E-state index in [9.17, 15) is 4.39 Å². The van der Waals surface area contributed by atoms with Crippen LogP contribution < -0.4 is 5.32 Å². The number of benzene rings is 1. The first kappa shape index (κ1) is 13.2. The van der Waals surface area contributed by atoms with Crippen LogP contribution in [0.25, 0.3) is 11.3 Å². The van der Waals surface area contributed by atoms with Gasteiger partial charge in [0.05, 0.1) is 10.7 Å². The highest BCUT2D eigenvalue weighted by atomic mass is 32.1. The average molecular weight is 264 g/mol. The van der Waals surface area contributed by atoms with Gasteiger partial charge in [-0.1, -0.05) is 6.92 Å². The minimum atomic E-state index is -0.209. The first-order chi connectivity index (χ1) is 8.70. The lowest BCUT2D eigenvalue weighted by Crippen LogP contribution is -2.15. The fourth-order valence-corrected chi connectivity index (χ4v) is 2.76. The van der Waals surface area contributed by atoms with Crippen molar-refractivity contribution in [2.45, 2.75) is 20.3 Å². The van der Waals surface area contributed by atoms with Gasteiger partial charge in [-0.15, -0.1) is 11.3 Å². The largest absolute Gasteiger partial charge is 0.317 e. The van der Waals surface area contributed by atoms with E-state index in [1.807, 2.05) is 0 Å². The summed E-state index contributed by atoms with van der Waals surface area (Å²) in [6.07, 6.45) is 0.945. The van der Waals surface area contributed by atoms with Gasteiger partial charge in [0, 0.05) is 23.4 Å². The first-order valence-electron chi connectivity index (χ1n) is 6.13. The molecule has 0 fully saturated rings. The third-order valence-corrected chi connectivity index (χ3v) is 3.75. The van der Waals surface area contributed by atoms with Crippen molar-refractivity contribution in [2.75, 3.05) is 13.1 Å². The quantitative estimate of drug-likeness (QED) is 0.837. The Morgan fingerprint density at radius 2 is 2.00 bits per heavy atom. The van der Waals surface area contributed by atoms with Crippen molar-refractivity contribution >= 4 is 11.3 Å². The summed E-state index contributed by atoms with van der Waals surface area (Å²) >= 11 is 1.72. The molecule has 2 rings (SSSR count). The van der Waals surface area contributed by atoms with Gasteiger partial charge in [0.1, 0.15) is 5.82 Å². The molecule has 0 bridgehead atoms. The number of rotatable bonds is 5. The number of thiazole rings is 1. The van der Waals surface area contributed by atoms with E-state index in [-0.39, 0.29) is 5.82 Å². The molecule has 0 atom stereocenters. The molecule has 0 amide bonds. The molecular weight excluding hydrogens is 247 g/mol. The fraction of sp³-hybridized carbons (Fsp3) is 0.357. The van der Waals surface area contributed by atoms with Gasteiger partial charge in [0.25, 0.3) is 0 Å². The molecule has 1 heterocycles. The zero-order valence-electron chi connectivity index (χ0n) is 10.7. The summed E-state index contributed by atoms with van der Waals surface area (Å²) in [5.41, 5.74) is 1.96. The van der Waals surface area contributed by atoms with Gasteiger partial charge < -0.3 is 5.32 Å². The van der Waals surface area contributed by atoms with Crippen molar-refractivity contribution < 1.29 is 4.39 Å². The second-order valence-corrected chi connectivity index (χ2v) is 5.41. The van der Waals surface area contributed by atoms with Crippen molar-refractivity contribution in [3.05, 3.63) is 40.0 Å². The van der Waals surface area contributed by atoms with Crippen LogP contribution in [0, 0.1) is 12.7 Å². The molecule has 96 valence electrons. The van der Waals surface area contributed by atoms with Gasteiger partial charge in [-0.25, -0.2) is 9.37 Å². The zero-order valence-corrected chi connectivity index (χ0v) is 11.5. The third kappa shape index (κ3) is 3.15. The summed E-state index contributed by atoms with van der Waals surface area (Å²) in [5.74, 6) is -0.209. The topological polar surface area (TPSA) is 24.9 Å². The maximum atomic E-state index is 12.9. The molecule has 0 saturated carbocycles. The predicted molar refractivity (Wildman–Crippen MR) is 74.5 cm³/mol. The standard InChI is InChI=1S/C14H17FN2S/c1-3-16-9-8-13-17-14(10(2)18-13)11-4-6-12(15)7-5-11/h4-7,16H,3,8-9H2,1-2H3. The second-order valence-electron chi connectivity index (χ2n) is 4.12. The van der Waals surface area contributed by atoms with Crippen molar-refractivity contribution in [1.29, 1.82) is 0 Å². The molecule has 0 aliphatic heterocycles. The Hall–Kier alpha value is -1.26. The molecule has 0 aliphatic carbocycles. The van der Waals surface area contributed by atoms with E-state index < -0.39 is 0 Å². The monoisotopic (exact) mass is 264 g/mol. The molecule has 0 aliphatic rings. The highest BCUT2D eigenvalue weighted by molar-refractivity contribution is 7.12. The Balaban J connectivity index is 2.16. The fourth-order valence-electron chi connectivity index (χ4n) is 1.81. The van der Waals surface area contributed by atoms with Crippen LogP contribution in [0.2, 0.25) is 0 Å². The van der Waals surface area contributed by atoms with E-state index in [0.717, 1.165) is 35.8 Å². The summed E-state index contributed by atoms with van der Waals surface area (Å²) in [7, 11) is 0. The lowest BCUT2D eigenvalue weighted by Gasteiger charge is -1.98. The first-order valence-corrected chi connectivity index (χ1v) is 6.95. The molecule has 0 spiro atoms. The smallest absolute Gasteiger partial charge is 0.123 e. The Bertz CT molecular complexity index is 505. The highest BCUT2D eigenvalue weighted by Gasteiger charge is 2.09. The lowest BCUT2D eigenvalue weighted by atomic mass is 10.1. The Morgan fingerprint density at radius 1 is 1.28 bits per heavy atom. The molecule has 18 heavy (non-hydrogen) atoms. The molecule has 2 nitrogen and oxygen atoms in total. The van der Waals surface area contributed by atoms with Crippen LogP contribution in [0.5, 0.6) is 0 Å². The minimum Gasteiger partial charge on any atom is -0.317 e. The molecule has 4 heteroatoms. The van der Waals surface area contributed by atoms with Gasteiger partial charge in [-0.05, 0) is 37.7 Å². The zero-order chi connectivity index (χ0) is 13.0. The van der Waals surface area contributed by atoms with Gasteiger partial charge in [-0.3, -0.25) is 0 Å². The average Bonchev–Trinajstić information content (AvgIpc) is 2.72. The second kappa shape index (κ2) is 6.07. The minimum absolute atomic E-state index is 0.209. The van der Waals surface area contributed by atoms with Crippen molar-refractivity contribution in [2.24, 2.45) is 0 Å². The number of nitrogens with zero attached hydrogens (tertiary/aromatic N) is 1. The number of aromatic nitrogens is 1.